The van der Waals surface area contributed by atoms with Crippen LogP contribution >= 0.6 is 12.2 Å². The predicted molar refractivity (Wildman–Crippen MR) is 92.6 cm³/mol. The van der Waals surface area contributed by atoms with E-state index in [-0.39, 0.29) is 0 Å². The normalized spacial score (nSPS) is 12.6. The van der Waals surface area contributed by atoms with E-state index in [4.69, 9.17) is 17.0 Å². The van der Waals surface area contributed by atoms with Crippen molar-refractivity contribution in [3.63, 3.8) is 0 Å². The summed E-state index contributed by atoms with van der Waals surface area (Å²) < 4.78 is 8.45. The molecule has 0 aliphatic carbocycles. The van der Waals surface area contributed by atoms with Crippen LogP contribution in [0.1, 0.15) is 5.56 Å². The van der Waals surface area contributed by atoms with Crippen LogP contribution < -0.4 is 0 Å². The third-order valence-electron chi connectivity index (χ3n) is 2.95. The van der Waals surface area contributed by atoms with Crippen LogP contribution in [0.2, 0.25) is 39.3 Å². The third-order valence-corrected chi connectivity index (χ3v) is 10.8. The van der Waals surface area contributed by atoms with Gasteiger partial charge in [-0.25, -0.2) is 0 Å². The molecule has 1 rings (SSSR count). The van der Waals surface area contributed by atoms with Gasteiger partial charge < -0.3 is 8.97 Å². The molecule has 0 bridgehead atoms. The Kier molecular flexibility index (Phi) is 5.49. The Morgan fingerprint density at radius 2 is 1.47 bits per heavy atom. The van der Waals surface area contributed by atoms with Crippen LogP contribution in [0.3, 0.4) is 0 Å². The van der Waals surface area contributed by atoms with Crippen molar-refractivity contribution in [2.45, 2.75) is 39.3 Å². The molecule has 0 aromatic heterocycles. The lowest BCUT2D eigenvalue weighted by Crippen LogP contribution is -2.59. The first-order valence-electron chi connectivity index (χ1n) is 6.62. The van der Waals surface area contributed by atoms with Gasteiger partial charge in [0.25, 0.3) is 0 Å². The summed E-state index contributed by atoms with van der Waals surface area (Å²) in [5, 5.41) is 0.599. The Morgan fingerprint density at radius 1 is 1.00 bits per heavy atom. The van der Waals surface area contributed by atoms with E-state index >= 15 is 0 Å². The minimum Gasteiger partial charge on any atom is -0.468 e. The second kappa shape index (κ2) is 6.30. The van der Waals surface area contributed by atoms with Gasteiger partial charge >= 0.3 is 0 Å². The van der Waals surface area contributed by atoms with E-state index in [9.17, 15) is 0 Å². The summed E-state index contributed by atoms with van der Waals surface area (Å²) in [6.07, 6.45) is 0. The minimum atomic E-state index is -1.38. The highest BCUT2D eigenvalue weighted by molar-refractivity contribution is 7.80. The highest BCUT2D eigenvalue weighted by atomic mass is 32.1. The Morgan fingerprint density at radius 3 is 1.89 bits per heavy atom. The zero-order valence-electron chi connectivity index (χ0n) is 12.9. The second-order valence-corrected chi connectivity index (χ2v) is 17.3. The summed E-state index contributed by atoms with van der Waals surface area (Å²) >= 11 is 5.37. The maximum atomic E-state index is 5.87. The summed E-state index contributed by atoms with van der Waals surface area (Å²) in [5.41, 5.74) is 0.989. The number of hydrogen-bond acceptors (Lipinski definition) is 3. The zero-order chi connectivity index (χ0) is 14.7. The summed E-state index contributed by atoms with van der Waals surface area (Å²) in [5.74, 6) is 0. The number of ether oxygens (including phenoxy) is 1. The Bertz CT molecular complexity index is 409. The fraction of sp³-hybridized carbons (Fsp3) is 0.500. The molecule has 0 aliphatic rings. The lowest BCUT2D eigenvalue weighted by Gasteiger charge is -2.42. The highest BCUT2D eigenvalue weighted by Gasteiger charge is 2.34. The van der Waals surface area contributed by atoms with E-state index in [0.717, 1.165) is 5.56 Å². The number of rotatable bonds is 5. The largest absolute Gasteiger partial charge is 0.468 e. The summed E-state index contributed by atoms with van der Waals surface area (Å²) in [4.78, 5) is 0. The van der Waals surface area contributed by atoms with Crippen LogP contribution in [-0.2, 0) is 4.74 Å². The van der Waals surface area contributed by atoms with E-state index in [2.05, 4.69) is 43.5 Å². The van der Waals surface area contributed by atoms with Gasteiger partial charge in [-0.05, 0) is 12.2 Å². The molecule has 0 saturated carbocycles. The molecule has 0 N–H and O–H groups in total. The molecule has 1 aromatic carbocycles. The summed E-state index contributed by atoms with van der Waals surface area (Å²) in [6, 6.07) is 9.95. The fourth-order valence-corrected chi connectivity index (χ4v) is 11.3. The number of nitrogens with zero attached hydrogens (tertiary/aromatic N) is 1. The van der Waals surface area contributed by atoms with Crippen molar-refractivity contribution in [2.24, 2.45) is 0 Å². The molecule has 2 nitrogen and oxygen atoms in total. The van der Waals surface area contributed by atoms with Gasteiger partial charge in [0.15, 0.2) is 5.05 Å². The smallest absolute Gasteiger partial charge is 0.192 e. The van der Waals surface area contributed by atoms with Crippen LogP contribution in [-0.4, -0.2) is 32.5 Å². The third kappa shape index (κ3) is 5.18. The van der Waals surface area contributed by atoms with Crippen molar-refractivity contribution < 1.29 is 4.74 Å². The zero-order valence-corrected chi connectivity index (χ0v) is 15.7. The Labute approximate surface area is 125 Å². The molecule has 5 heteroatoms. The molecule has 19 heavy (non-hydrogen) atoms. The van der Waals surface area contributed by atoms with Crippen LogP contribution in [0, 0.1) is 0 Å². The highest BCUT2D eigenvalue weighted by Crippen LogP contribution is 2.19. The number of hydrogen-bond donors (Lipinski definition) is 0. The van der Waals surface area contributed by atoms with E-state index in [0.29, 0.717) is 11.8 Å². The number of thiocarbonyl (C=S) groups is 1. The Balaban J connectivity index is 2.71. The average Bonchev–Trinajstić information content (AvgIpc) is 2.26. The van der Waals surface area contributed by atoms with Crippen molar-refractivity contribution in [1.82, 2.24) is 4.23 Å². The molecule has 1 aromatic rings. The van der Waals surface area contributed by atoms with E-state index in [1.54, 1.807) is 0 Å². The molecular weight excluding hydrogens is 286 g/mol. The van der Waals surface area contributed by atoms with Gasteiger partial charge in [0, 0.05) is 5.56 Å². The SMILES string of the molecule is C[Si](C)(C)N(COC(=S)c1ccccc1)[Si](C)(C)C. The summed E-state index contributed by atoms with van der Waals surface area (Å²) in [6.45, 7) is 14.8. The fourth-order valence-electron chi connectivity index (χ4n) is 2.17. The minimum absolute atomic E-state index is 0.599. The topological polar surface area (TPSA) is 12.5 Å². The first-order valence-corrected chi connectivity index (χ1v) is 13.9. The van der Waals surface area contributed by atoms with Gasteiger partial charge in [-0.2, -0.15) is 0 Å². The molecule has 0 saturated heterocycles. The molecule has 106 valence electrons. The number of benzene rings is 1. The second-order valence-electron chi connectivity index (χ2n) is 6.70. The molecule has 0 spiro atoms. The van der Waals surface area contributed by atoms with Crippen LogP contribution in [0.4, 0.5) is 0 Å². The summed E-state index contributed by atoms with van der Waals surface area (Å²) in [7, 11) is -2.76. The molecule has 0 heterocycles. The van der Waals surface area contributed by atoms with Gasteiger partial charge in [-0.15, -0.1) is 0 Å². The van der Waals surface area contributed by atoms with E-state index in [1.165, 1.54) is 0 Å². The molecule has 0 unspecified atom stereocenters. The van der Waals surface area contributed by atoms with Crippen molar-refractivity contribution in [3.8, 4) is 0 Å². The van der Waals surface area contributed by atoms with E-state index < -0.39 is 16.5 Å². The predicted octanol–water partition coefficient (Wildman–Crippen LogP) is 4.31. The maximum absolute atomic E-state index is 5.87. The molecule has 0 aliphatic heterocycles. The molecule has 0 radical (unpaired) electrons. The Hall–Kier alpha value is -0.496. The van der Waals surface area contributed by atoms with Crippen molar-refractivity contribution >= 4 is 33.7 Å². The van der Waals surface area contributed by atoms with Gasteiger partial charge in [0.2, 0.25) is 0 Å². The molecule has 0 fully saturated rings. The van der Waals surface area contributed by atoms with Crippen LogP contribution in [0.25, 0.3) is 0 Å². The standard InChI is InChI=1S/C14H25NOSSi2/c1-18(2,3)15(19(4,5)6)12-16-14(17)13-10-8-7-9-11-13/h7-11H,12H2,1-6H3. The van der Waals surface area contributed by atoms with Gasteiger partial charge in [-0.3, -0.25) is 0 Å². The van der Waals surface area contributed by atoms with Gasteiger partial charge in [-0.1, -0.05) is 69.6 Å². The first kappa shape index (κ1) is 16.6. The van der Waals surface area contributed by atoms with Crippen LogP contribution in [0.15, 0.2) is 30.3 Å². The lowest BCUT2D eigenvalue weighted by atomic mass is 10.2. The van der Waals surface area contributed by atoms with E-state index in [1.807, 2.05) is 30.3 Å². The first-order chi connectivity index (χ1) is 8.62. The van der Waals surface area contributed by atoms with Crippen molar-refractivity contribution in [3.05, 3.63) is 35.9 Å². The van der Waals surface area contributed by atoms with Crippen molar-refractivity contribution in [2.75, 3.05) is 6.73 Å². The van der Waals surface area contributed by atoms with Gasteiger partial charge in [0.05, 0.1) is 0 Å². The van der Waals surface area contributed by atoms with Crippen LogP contribution in [0.5, 0.6) is 0 Å². The molecule has 0 atom stereocenters. The van der Waals surface area contributed by atoms with Gasteiger partial charge in [0.1, 0.15) is 23.2 Å². The maximum Gasteiger partial charge on any atom is 0.192 e. The lowest BCUT2D eigenvalue weighted by molar-refractivity contribution is 0.242. The monoisotopic (exact) mass is 311 g/mol. The van der Waals surface area contributed by atoms with Crippen molar-refractivity contribution in [1.29, 1.82) is 0 Å². The quantitative estimate of drug-likeness (QED) is 0.457. The molecular formula is C14H25NOSSi2. The average molecular weight is 312 g/mol. The molecule has 0 amide bonds.